The molecule has 1 aliphatic heterocycles. The summed E-state index contributed by atoms with van der Waals surface area (Å²) < 4.78 is 4.81. The Morgan fingerprint density at radius 3 is 2.32 bits per heavy atom. The van der Waals surface area contributed by atoms with Gasteiger partial charge >= 0.3 is 0 Å². The lowest BCUT2D eigenvalue weighted by Gasteiger charge is -2.39. The second-order valence-electron chi connectivity index (χ2n) is 5.05. The van der Waals surface area contributed by atoms with Crippen LogP contribution in [-0.2, 0) is 9.53 Å². The highest BCUT2D eigenvalue weighted by Crippen LogP contribution is 2.22. The Kier molecular flexibility index (Phi) is 5.41. The number of carbonyl (C=O) groups is 1. The van der Waals surface area contributed by atoms with Gasteiger partial charge in [-0.15, -0.1) is 0 Å². The van der Waals surface area contributed by atoms with Gasteiger partial charge in [0.25, 0.3) is 0 Å². The monoisotopic (exact) mass is 310 g/mol. The number of carbonyl (C=O) groups excluding carboxylic acids is 1. The van der Waals surface area contributed by atoms with Crippen molar-refractivity contribution in [2.75, 3.05) is 0 Å². The molecule has 1 fully saturated rings. The fraction of sp³-hybridized carbons (Fsp3) is 0.400. The predicted octanol–water partition coefficient (Wildman–Crippen LogP) is -1.57. The number of ether oxygens (including phenoxy) is 1. The van der Waals surface area contributed by atoms with E-state index in [1.807, 2.05) is 6.07 Å². The summed E-state index contributed by atoms with van der Waals surface area (Å²) in [7, 11) is 0. The highest BCUT2D eigenvalue weighted by atomic mass is 16.6. The summed E-state index contributed by atoms with van der Waals surface area (Å²) >= 11 is 0. The van der Waals surface area contributed by atoms with E-state index in [1.165, 1.54) is 6.08 Å². The quantitative estimate of drug-likeness (QED) is 0.425. The number of aliphatic hydroxyl groups is 5. The molecule has 7 heteroatoms. The van der Waals surface area contributed by atoms with Crippen molar-refractivity contribution in [2.45, 2.75) is 36.8 Å². The number of hydrogen-bond acceptors (Lipinski definition) is 7. The van der Waals surface area contributed by atoms with Crippen LogP contribution in [0.2, 0.25) is 0 Å². The van der Waals surface area contributed by atoms with Gasteiger partial charge in [0.2, 0.25) is 0 Å². The van der Waals surface area contributed by atoms with Crippen LogP contribution >= 0.6 is 0 Å². The lowest BCUT2D eigenvalue weighted by Crippen LogP contribution is -2.61. The van der Waals surface area contributed by atoms with Crippen LogP contribution in [0.25, 0.3) is 6.08 Å². The van der Waals surface area contributed by atoms with Crippen molar-refractivity contribution in [3.8, 4) is 0 Å². The van der Waals surface area contributed by atoms with Crippen LogP contribution in [0.5, 0.6) is 0 Å². The van der Waals surface area contributed by atoms with Crippen molar-refractivity contribution >= 4 is 11.9 Å². The molecular weight excluding hydrogens is 292 g/mol. The van der Waals surface area contributed by atoms with E-state index in [1.54, 1.807) is 24.3 Å². The van der Waals surface area contributed by atoms with E-state index in [9.17, 15) is 30.3 Å². The summed E-state index contributed by atoms with van der Waals surface area (Å²) in [5, 5.41) is 47.9. The predicted molar refractivity (Wildman–Crippen MR) is 75.4 cm³/mol. The molecule has 5 N–H and O–H groups in total. The van der Waals surface area contributed by atoms with Gasteiger partial charge < -0.3 is 30.3 Å². The third-order valence-electron chi connectivity index (χ3n) is 3.47. The van der Waals surface area contributed by atoms with E-state index in [0.717, 1.165) is 11.6 Å². The summed E-state index contributed by atoms with van der Waals surface area (Å²) in [5.41, 5.74) is 0.739. The molecule has 22 heavy (non-hydrogen) atoms. The molecule has 2 unspecified atom stereocenters. The third kappa shape index (κ3) is 3.58. The Hall–Kier alpha value is -1.61. The Labute approximate surface area is 126 Å². The summed E-state index contributed by atoms with van der Waals surface area (Å²) in [4.78, 5) is 11.9. The van der Waals surface area contributed by atoms with Crippen LogP contribution in [0.1, 0.15) is 5.56 Å². The second-order valence-corrected chi connectivity index (χ2v) is 5.05. The first kappa shape index (κ1) is 16.8. The molecule has 1 heterocycles. The SMILES string of the molecule is O=C(C=Cc1ccccc1)C(O)[C@H]1OC(O)[C@H](O)[C@@H](O)[C@@H]1O. The van der Waals surface area contributed by atoms with E-state index in [0.29, 0.717) is 0 Å². The van der Waals surface area contributed by atoms with Gasteiger partial charge in [-0.1, -0.05) is 36.4 Å². The van der Waals surface area contributed by atoms with Gasteiger partial charge in [0.1, 0.15) is 30.5 Å². The van der Waals surface area contributed by atoms with E-state index in [2.05, 4.69) is 0 Å². The molecule has 1 aromatic carbocycles. The van der Waals surface area contributed by atoms with Crippen molar-refractivity contribution < 1.29 is 35.1 Å². The molecular formula is C15H18O7. The zero-order valence-corrected chi connectivity index (χ0v) is 11.6. The van der Waals surface area contributed by atoms with Gasteiger partial charge in [0.05, 0.1) is 0 Å². The lowest BCUT2D eigenvalue weighted by molar-refractivity contribution is -0.293. The normalized spacial score (nSPS) is 33.8. The van der Waals surface area contributed by atoms with Crippen molar-refractivity contribution in [3.05, 3.63) is 42.0 Å². The van der Waals surface area contributed by atoms with E-state index < -0.39 is 42.6 Å². The number of rotatable bonds is 4. The van der Waals surface area contributed by atoms with Crippen LogP contribution < -0.4 is 0 Å². The number of benzene rings is 1. The molecule has 2 rings (SSSR count). The summed E-state index contributed by atoms with van der Waals surface area (Å²) in [5.74, 6) is -0.760. The number of ketones is 1. The summed E-state index contributed by atoms with van der Waals surface area (Å²) in [6.45, 7) is 0. The average Bonchev–Trinajstić information content (AvgIpc) is 2.54. The first-order valence-corrected chi connectivity index (χ1v) is 6.74. The zero-order chi connectivity index (χ0) is 16.3. The molecule has 120 valence electrons. The topological polar surface area (TPSA) is 127 Å². The van der Waals surface area contributed by atoms with E-state index in [4.69, 9.17) is 4.74 Å². The van der Waals surface area contributed by atoms with Crippen LogP contribution in [0.15, 0.2) is 36.4 Å². The molecule has 0 aromatic heterocycles. The Morgan fingerprint density at radius 2 is 1.68 bits per heavy atom. The molecule has 0 bridgehead atoms. The van der Waals surface area contributed by atoms with Crippen LogP contribution in [0.4, 0.5) is 0 Å². The maximum atomic E-state index is 11.9. The van der Waals surface area contributed by atoms with Crippen molar-refractivity contribution in [2.24, 2.45) is 0 Å². The minimum absolute atomic E-state index is 0.739. The molecule has 7 nitrogen and oxygen atoms in total. The maximum Gasteiger partial charge on any atom is 0.186 e. The van der Waals surface area contributed by atoms with Crippen LogP contribution in [0, 0.1) is 0 Å². The van der Waals surface area contributed by atoms with Crippen LogP contribution in [0.3, 0.4) is 0 Å². The average molecular weight is 310 g/mol. The fourth-order valence-electron chi connectivity index (χ4n) is 2.15. The smallest absolute Gasteiger partial charge is 0.186 e. The van der Waals surface area contributed by atoms with Gasteiger partial charge in [0.15, 0.2) is 12.1 Å². The van der Waals surface area contributed by atoms with Crippen LogP contribution in [-0.4, -0.2) is 68.1 Å². The molecule has 0 saturated carbocycles. The Balaban J connectivity index is 2.05. The second kappa shape index (κ2) is 7.10. The van der Waals surface area contributed by atoms with Gasteiger partial charge in [-0.3, -0.25) is 4.79 Å². The van der Waals surface area contributed by atoms with Gasteiger partial charge in [0, 0.05) is 0 Å². The minimum Gasteiger partial charge on any atom is -0.387 e. The van der Waals surface area contributed by atoms with Crippen molar-refractivity contribution in [3.63, 3.8) is 0 Å². The lowest BCUT2D eigenvalue weighted by atomic mass is 9.93. The highest BCUT2D eigenvalue weighted by Gasteiger charge is 2.47. The molecule has 1 aromatic rings. The highest BCUT2D eigenvalue weighted by molar-refractivity contribution is 5.97. The summed E-state index contributed by atoms with van der Waals surface area (Å²) in [6, 6.07) is 8.89. The fourth-order valence-corrected chi connectivity index (χ4v) is 2.15. The molecule has 1 aliphatic rings. The first-order chi connectivity index (χ1) is 10.4. The molecule has 0 aliphatic carbocycles. The standard InChI is InChI=1S/C15H18O7/c16-9(7-6-8-4-2-1-3-5-8)10(17)14-12(19)11(18)13(20)15(21)22-14/h1-7,10-15,17-21H/t10?,11-,12-,13+,14+,15?/m0/s1. The molecule has 6 atom stereocenters. The Bertz CT molecular complexity index is 530. The first-order valence-electron chi connectivity index (χ1n) is 6.74. The maximum absolute atomic E-state index is 11.9. The molecule has 0 radical (unpaired) electrons. The minimum atomic E-state index is -1.80. The number of aliphatic hydroxyl groups excluding tert-OH is 5. The van der Waals surface area contributed by atoms with Gasteiger partial charge in [-0.05, 0) is 11.6 Å². The van der Waals surface area contributed by atoms with Gasteiger partial charge in [-0.2, -0.15) is 0 Å². The Morgan fingerprint density at radius 1 is 1.05 bits per heavy atom. The zero-order valence-electron chi connectivity index (χ0n) is 11.6. The molecule has 1 saturated heterocycles. The number of hydrogen-bond donors (Lipinski definition) is 5. The van der Waals surface area contributed by atoms with E-state index >= 15 is 0 Å². The third-order valence-corrected chi connectivity index (χ3v) is 3.47. The largest absolute Gasteiger partial charge is 0.387 e. The van der Waals surface area contributed by atoms with E-state index in [-0.39, 0.29) is 0 Å². The molecule has 0 amide bonds. The van der Waals surface area contributed by atoms with Crippen molar-refractivity contribution in [1.29, 1.82) is 0 Å². The van der Waals surface area contributed by atoms with Gasteiger partial charge in [-0.25, -0.2) is 0 Å². The van der Waals surface area contributed by atoms with Crippen molar-refractivity contribution in [1.82, 2.24) is 0 Å². The molecule has 0 spiro atoms. The summed E-state index contributed by atoms with van der Waals surface area (Å²) in [6.07, 6.45) is -7.69.